The normalized spacial score (nSPS) is 43.2. The van der Waals surface area contributed by atoms with Crippen molar-refractivity contribution in [2.45, 2.75) is 102 Å². The van der Waals surface area contributed by atoms with Crippen LogP contribution in [0.15, 0.2) is 0 Å². The van der Waals surface area contributed by atoms with E-state index in [0.29, 0.717) is 11.6 Å². The van der Waals surface area contributed by atoms with Crippen LogP contribution in [0.5, 0.6) is 0 Å². The Hall–Kier alpha value is -0.120. The Morgan fingerprint density at radius 2 is 1.88 bits per heavy atom. The van der Waals surface area contributed by atoms with E-state index >= 15 is 0 Å². The first kappa shape index (κ1) is 19.2. The van der Waals surface area contributed by atoms with Crippen LogP contribution < -0.4 is 5.32 Å². The van der Waals surface area contributed by atoms with Crippen molar-refractivity contribution in [1.29, 1.82) is 0 Å². The first-order chi connectivity index (χ1) is 12.7. The third-order valence-corrected chi connectivity index (χ3v) is 8.40. The summed E-state index contributed by atoms with van der Waals surface area (Å²) in [5.74, 6) is 2.55. The number of ether oxygens (including phenoxy) is 1. The minimum atomic E-state index is 0.415. The SMILES string of the molecule is CC1CCCOC1CCC1(C2CCCCC2)CCC2CN(C)CCC2N1. The lowest BCUT2D eigenvalue weighted by atomic mass is 9.65. The number of piperidine rings is 2. The van der Waals surface area contributed by atoms with Gasteiger partial charge in [0.05, 0.1) is 6.10 Å². The Morgan fingerprint density at radius 1 is 1.04 bits per heavy atom. The Balaban J connectivity index is 1.45. The highest BCUT2D eigenvalue weighted by Crippen LogP contribution is 2.44. The molecular formula is C23H42N2O. The molecule has 0 bridgehead atoms. The lowest BCUT2D eigenvalue weighted by Crippen LogP contribution is -2.64. The molecular weight excluding hydrogens is 320 g/mol. The van der Waals surface area contributed by atoms with Gasteiger partial charge in [0.2, 0.25) is 0 Å². The molecule has 1 aliphatic carbocycles. The topological polar surface area (TPSA) is 24.5 Å². The summed E-state index contributed by atoms with van der Waals surface area (Å²) in [4.78, 5) is 2.55. The Labute approximate surface area is 161 Å². The predicted octanol–water partition coefficient (Wildman–Crippen LogP) is 4.60. The highest BCUT2D eigenvalue weighted by Gasteiger charge is 2.46. The number of likely N-dealkylation sites (tertiary alicyclic amines) is 1. The van der Waals surface area contributed by atoms with Crippen molar-refractivity contribution in [3.63, 3.8) is 0 Å². The van der Waals surface area contributed by atoms with Gasteiger partial charge in [-0.05, 0) is 89.1 Å². The quantitative estimate of drug-likeness (QED) is 0.791. The molecule has 0 aromatic rings. The van der Waals surface area contributed by atoms with Crippen LogP contribution in [-0.4, -0.2) is 49.3 Å². The molecule has 5 atom stereocenters. The van der Waals surface area contributed by atoms with Crippen LogP contribution in [0, 0.1) is 17.8 Å². The zero-order valence-electron chi connectivity index (χ0n) is 17.3. The largest absolute Gasteiger partial charge is 0.378 e. The van der Waals surface area contributed by atoms with E-state index < -0.39 is 0 Å². The van der Waals surface area contributed by atoms with Crippen LogP contribution in [0.2, 0.25) is 0 Å². The molecule has 3 saturated heterocycles. The lowest BCUT2D eigenvalue weighted by molar-refractivity contribution is -0.0398. The van der Waals surface area contributed by atoms with Gasteiger partial charge >= 0.3 is 0 Å². The zero-order valence-corrected chi connectivity index (χ0v) is 17.3. The number of hydrogen-bond donors (Lipinski definition) is 1. The van der Waals surface area contributed by atoms with Gasteiger partial charge in [-0.1, -0.05) is 26.2 Å². The van der Waals surface area contributed by atoms with Gasteiger partial charge in [-0.3, -0.25) is 0 Å². The minimum Gasteiger partial charge on any atom is -0.378 e. The molecule has 4 aliphatic rings. The van der Waals surface area contributed by atoms with Crippen LogP contribution in [0.3, 0.4) is 0 Å². The van der Waals surface area contributed by atoms with Gasteiger partial charge in [-0.2, -0.15) is 0 Å². The summed E-state index contributed by atoms with van der Waals surface area (Å²) in [6.45, 7) is 5.99. The van der Waals surface area contributed by atoms with Crippen LogP contribution >= 0.6 is 0 Å². The molecule has 1 saturated carbocycles. The minimum absolute atomic E-state index is 0.415. The summed E-state index contributed by atoms with van der Waals surface area (Å²) in [5.41, 5.74) is 0.415. The van der Waals surface area contributed by atoms with Crippen molar-refractivity contribution in [2.24, 2.45) is 17.8 Å². The van der Waals surface area contributed by atoms with Crippen LogP contribution in [0.4, 0.5) is 0 Å². The van der Waals surface area contributed by atoms with Crippen molar-refractivity contribution in [3.8, 4) is 0 Å². The molecule has 0 radical (unpaired) electrons. The third kappa shape index (κ3) is 4.15. The first-order valence-electron chi connectivity index (χ1n) is 11.7. The molecule has 26 heavy (non-hydrogen) atoms. The van der Waals surface area contributed by atoms with Gasteiger partial charge in [0.15, 0.2) is 0 Å². The molecule has 0 aromatic heterocycles. The fraction of sp³-hybridized carbons (Fsp3) is 1.00. The third-order valence-electron chi connectivity index (χ3n) is 8.40. The van der Waals surface area contributed by atoms with Crippen molar-refractivity contribution in [2.75, 3.05) is 26.7 Å². The fourth-order valence-electron chi connectivity index (χ4n) is 6.72. The molecule has 150 valence electrons. The maximum atomic E-state index is 6.20. The second-order valence-electron chi connectivity index (χ2n) is 10.2. The molecule has 4 fully saturated rings. The number of fused-ring (bicyclic) bond motifs is 1. The van der Waals surface area contributed by atoms with E-state index in [0.717, 1.165) is 30.4 Å². The summed E-state index contributed by atoms with van der Waals surface area (Å²) in [5, 5.41) is 4.33. The van der Waals surface area contributed by atoms with E-state index in [1.165, 1.54) is 90.1 Å². The highest BCUT2D eigenvalue weighted by molar-refractivity contribution is 5.04. The predicted molar refractivity (Wildman–Crippen MR) is 108 cm³/mol. The van der Waals surface area contributed by atoms with Crippen LogP contribution in [0.25, 0.3) is 0 Å². The number of hydrogen-bond acceptors (Lipinski definition) is 3. The summed E-state index contributed by atoms with van der Waals surface area (Å²) in [7, 11) is 2.31. The second-order valence-corrected chi connectivity index (χ2v) is 10.2. The molecule has 3 heteroatoms. The van der Waals surface area contributed by atoms with Gasteiger partial charge in [0.1, 0.15) is 0 Å². The van der Waals surface area contributed by atoms with E-state index in [9.17, 15) is 0 Å². The van der Waals surface area contributed by atoms with E-state index in [1.807, 2.05) is 0 Å². The van der Waals surface area contributed by atoms with Gasteiger partial charge < -0.3 is 15.0 Å². The molecule has 0 spiro atoms. The molecule has 3 aliphatic heterocycles. The van der Waals surface area contributed by atoms with E-state index in [4.69, 9.17) is 4.74 Å². The highest BCUT2D eigenvalue weighted by atomic mass is 16.5. The van der Waals surface area contributed by atoms with Crippen LogP contribution in [-0.2, 0) is 4.74 Å². The molecule has 4 rings (SSSR count). The maximum Gasteiger partial charge on any atom is 0.0601 e. The molecule has 1 N–H and O–H groups in total. The van der Waals surface area contributed by atoms with Crippen molar-refractivity contribution in [3.05, 3.63) is 0 Å². The second kappa shape index (κ2) is 8.49. The van der Waals surface area contributed by atoms with E-state index in [-0.39, 0.29) is 0 Å². The van der Waals surface area contributed by atoms with Gasteiger partial charge in [-0.15, -0.1) is 0 Å². The Kier molecular flexibility index (Phi) is 6.27. The van der Waals surface area contributed by atoms with E-state index in [1.54, 1.807) is 0 Å². The summed E-state index contributed by atoms with van der Waals surface area (Å²) < 4.78 is 6.20. The first-order valence-corrected chi connectivity index (χ1v) is 11.7. The number of rotatable bonds is 4. The fourth-order valence-corrected chi connectivity index (χ4v) is 6.72. The van der Waals surface area contributed by atoms with Crippen molar-refractivity contribution < 1.29 is 4.74 Å². The number of nitrogens with zero attached hydrogens (tertiary/aromatic N) is 1. The standard InChI is InChI=1S/C23H42N2O/c1-18-7-6-16-26-22(18)11-14-23(20-8-4-3-5-9-20)13-10-19-17-25(2)15-12-21(19)24-23/h18-22,24H,3-17H2,1-2H3. The van der Waals surface area contributed by atoms with Crippen molar-refractivity contribution in [1.82, 2.24) is 10.2 Å². The molecule has 5 unspecified atom stereocenters. The van der Waals surface area contributed by atoms with E-state index in [2.05, 4.69) is 24.2 Å². The van der Waals surface area contributed by atoms with Gasteiger partial charge in [0.25, 0.3) is 0 Å². The average molecular weight is 363 g/mol. The Bertz CT molecular complexity index is 449. The molecule has 0 aromatic carbocycles. The summed E-state index contributed by atoms with van der Waals surface area (Å²) in [6, 6.07) is 0.770. The summed E-state index contributed by atoms with van der Waals surface area (Å²) in [6.07, 6.45) is 17.3. The molecule has 0 amide bonds. The summed E-state index contributed by atoms with van der Waals surface area (Å²) >= 11 is 0. The number of nitrogens with one attached hydrogen (secondary N) is 1. The average Bonchev–Trinajstić information content (AvgIpc) is 2.68. The Morgan fingerprint density at radius 3 is 2.69 bits per heavy atom. The van der Waals surface area contributed by atoms with Gasteiger partial charge in [-0.25, -0.2) is 0 Å². The lowest BCUT2D eigenvalue weighted by Gasteiger charge is -2.54. The monoisotopic (exact) mass is 362 g/mol. The van der Waals surface area contributed by atoms with Crippen molar-refractivity contribution >= 4 is 0 Å². The van der Waals surface area contributed by atoms with Crippen LogP contribution in [0.1, 0.15) is 84.0 Å². The molecule has 3 heterocycles. The maximum absolute atomic E-state index is 6.20. The smallest absolute Gasteiger partial charge is 0.0601 e. The van der Waals surface area contributed by atoms with Gasteiger partial charge in [0, 0.05) is 24.7 Å². The zero-order chi connectivity index (χ0) is 18.0. The molecule has 3 nitrogen and oxygen atoms in total.